The van der Waals surface area contributed by atoms with Crippen molar-refractivity contribution >= 4 is 11.9 Å². The lowest BCUT2D eigenvalue weighted by Crippen LogP contribution is -2.45. The predicted octanol–water partition coefficient (Wildman–Crippen LogP) is 1.95. The zero-order valence-corrected chi connectivity index (χ0v) is 12.0. The van der Waals surface area contributed by atoms with E-state index in [1.807, 2.05) is 20.8 Å². The molecule has 0 aromatic rings. The molecule has 4 atom stereocenters. The number of hydrogen-bond acceptors (Lipinski definition) is 3. The first-order valence-corrected chi connectivity index (χ1v) is 7.11. The number of carboxylic acid groups (broad SMARTS) is 1. The first kappa shape index (κ1) is 16.0. The van der Waals surface area contributed by atoms with Gasteiger partial charge in [0.05, 0.1) is 12.2 Å². The van der Waals surface area contributed by atoms with Gasteiger partial charge < -0.3 is 15.2 Å². The van der Waals surface area contributed by atoms with Gasteiger partial charge in [-0.25, -0.2) is 4.79 Å². The van der Waals surface area contributed by atoms with E-state index in [9.17, 15) is 9.59 Å². The van der Waals surface area contributed by atoms with Gasteiger partial charge in [0.15, 0.2) is 0 Å². The SMILES string of the molecule is CCC(C)C(NC(=O)CCC1CCC(C)O1)C(=O)O. The number of amides is 1. The van der Waals surface area contributed by atoms with Gasteiger partial charge >= 0.3 is 5.97 Å². The van der Waals surface area contributed by atoms with Crippen molar-refractivity contribution in [2.24, 2.45) is 5.92 Å². The molecule has 0 radical (unpaired) electrons. The Bertz CT molecular complexity index is 319. The number of nitrogens with one attached hydrogen (secondary N) is 1. The van der Waals surface area contributed by atoms with E-state index in [0.29, 0.717) is 12.8 Å². The summed E-state index contributed by atoms with van der Waals surface area (Å²) in [6.45, 7) is 5.78. The number of rotatable bonds is 7. The first-order valence-electron chi connectivity index (χ1n) is 7.11. The summed E-state index contributed by atoms with van der Waals surface area (Å²) in [5.74, 6) is -1.23. The van der Waals surface area contributed by atoms with Gasteiger partial charge in [0, 0.05) is 6.42 Å². The monoisotopic (exact) mass is 271 g/mol. The minimum absolute atomic E-state index is 0.0656. The quantitative estimate of drug-likeness (QED) is 0.742. The fourth-order valence-corrected chi connectivity index (χ4v) is 2.32. The van der Waals surface area contributed by atoms with Crippen LogP contribution < -0.4 is 5.32 Å². The molecular weight excluding hydrogens is 246 g/mol. The van der Waals surface area contributed by atoms with E-state index in [1.54, 1.807) is 0 Å². The number of ether oxygens (including phenoxy) is 1. The van der Waals surface area contributed by atoms with Crippen LogP contribution in [0.15, 0.2) is 0 Å². The van der Waals surface area contributed by atoms with E-state index in [2.05, 4.69) is 5.32 Å². The number of carbonyl (C=O) groups is 2. The van der Waals surface area contributed by atoms with Crippen LogP contribution in [-0.4, -0.2) is 35.2 Å². The molecular formula is C14H25NO4. The molecule has 110 valence electrons. The van der Waals surface area contributed by atoms with E-state index in [4.69, 9.17) is 9.84 Å². The Labute approximate surface area is 114 Å². The summed E-state index contributed by atoms with van der Waals surface area (Å²) in [6.07, 6.45) is 4.17. The second kappa shape index (κ2) is 7.48. The smallest absolute Gasteiger partial charge is 0.326 e. The lowest BCUT2D eigenvalue weighted by atomic mass is 9.99. The van der Waals surface area contributed by atoms with Crippen LogP contribution in [0.2, 0.25) is 0 Å². The van der Waals surface area contributed by atoms with Crippen molar-refractivity contribution in [3.63, 3.8) is 0 Å². The lowest BCUT2D eigenvalue weighted by Gasteiger charge is -2.20. The van der Waals surface area contributed by atoms with Crippen molar-refractivity contribution < 1.29 is 19.4 Å². The van der Waals surface area contributed by atoms with Crippen molar-refractivity contribution in [1.29, 1.82) is 0 Å². The summed E-state index contributed by atoms with van der Waals surface area (Å²) in [7, 11) is 0. The molecule has 1 fully saturated rings. The maximum atomic E-state index is 11.8. The van der Waals surface area contributed by atoms with E-state index in [-0.39, 0.29) is 24.0 Å². The molecule has 1 heterocycles. The molecule has 1 rings (SSSR count). The Morgan fingerprint density at radius 2 is 2.11 bits per heavy atom. The molecule has 0 bridgehead atoms. The highest BCUT2D eigenvalue weighted by molar-refractivity contribution is 5.83. The molecule has 5 nitrogen and oxygen atoms in total. The zero-order chi connectivity index (χ0) is 14.4. The topological polar surface area (TPSA) is 75.6 Å². The third-order valence-electron chi connectivity index (χ3n) is 3.81. The highest BCUT2D eigenvalue weighted by Crippen LogP contribution is 2.22. The molecule has 5 heteroatoms. The van der Waals surface area contributed by atoms with Crippen LogP contribution in [0, 0.1) is 5.92 Å². The van der Waals surface area contributed by atoms with E-state index < -0.39 is 12.0 Å². The normalized spacial score (nSPS) is 25.8. The molecule has 0 spiro atoms. The van der Waals surface area contributed by atoms with Gasteiger partial charge in [-0.3, -0.25) is 4.79 Å². The number of carbonyl (C=O) groups excluding carboxylic acids is 1. The van der Waals surface area contributed by atoms with Crippen molar-refractivity contribution in [3.05, 3.63) is 0 Å². The van der Waals surface area contributed by atoms with Crippen LogP contribution in [0.25, 0.3) is 0 Å². The van der Waals surface area contributed by atoms with Crippen molar-refractivity contribution in [2.45, 2.75) is 71.1 Å². The van der Waals surface area contributed by atoms with Crippen LogP contribution in [0.5, 0.6) is 0 Å². The summed E-state index contributed by atoms with van der Waals surface area (Å²) in [5.41, 5.74) is 0. The van der Waals surface area contributed by atoms with Crippen molar-refractivity contribution in [3.8, 4) is 0 Å². The fraction of sp³-hybridized carbons (Fsp3) is 0.857. The zero-order valence-electron chi connectivity index (χ0n) is 12.0. The van der Waals surface area contributed by atoms with Crippen LogP contribution in [0.1, 0.15) is 52.9 Å². The summed E-state index contributed by atoms with van der Waals surface area (Å²) < 4.78 is 5.64. The summed E-state index contributed by atoms with van der Waals surface area (Å²) in [6, 6.07) is -0.791. The number of hydrogen-bond donors (Lipinski definition) is 2. The Hall–Kier alpha value is -1.10. The average Bonchev–Trinajstić information content (AvgIpc) is 2.78. The van der Waals surface area contributed by atoms with Crippen LogP contribution in [0.3, 0.4) is 0 Å². The lowest BCUT2D eigenvalue weighted by molar-refractivity contribution is -0.143. The van der Waals surface area contributed by atoms with E-state index >= 15 is 0 Å². The van der Waals surface area contributed by atoms with Gasteiger partial charge in [-0.1, -0.05) is 20.3 Å². The molecule has 19 heavy (non-hydrogen) atoms. The summed E-state index contributed by atoms with van der Waals surface area (Å²) in [4.78, 5) is 22.9. The van der Waals surface area contributed by atoms with E-state index in [1.165, 1.54) is 0 Å². The Morgan fingerprint density at radius 3 is 2.58 bits per heavy atom. The predicted molar refractivity (Wildman–Crippen MR) is 71.8 cm³/mol. The van der Waals surface area contributed by atoms with Crippen LogP contribution >= 0.6 is 0 Å². The minimum atomic E-state index is -0.964. The molecule has 1 aliphatic rings. The minimum Gasteiger partial charge on any atom is -0.480 e. The molecule has 0 aliphatic carbocycles. The van der Waals surface area contributed by atoms with Gasteiger partial charge in [-0.05, 0) is 32.1 Å². The van der Waals surface area contributed by atoms with Gasteiger partial charge in [-0.15, -0.1) is 0 Å². The third kappa shape index (κ3) is 5.19. The van der Waals surface area contributed by atoms with E-state index in [0.717, 1.165) is 19.3 Å². The standard InChI is InChI=1S/C14H25NO4/c1-4-9(2)13(14(17)18)15-12(16)8-7-11-6-5-10(3)19-11/h9-11,13H,4-8H2,1-3H3,(H,15,16)(H,17,18). The largest absolute Gasteiger partial charge is 0.480 e. The molecule has 1 amide bonds. The fourth-order valence-electron chi connectivity index (χ4n) is 2.32. The Balaban J connectivity index is 2.34. The summed E-state index contributed by atoms with van der Waals surface area (Å²) in [5, 5.41) is 11.7. The van der Waals surface area contributed by atoms with Gasteiger partial charge in [0.25, 0.3) is 0 Å². The first-order chi connectivity index (χ1) is 8.93. The third-order valence-corrected chi connectivity index (χ3v) is 3.81. The molecule has 1 aliphatic heterocycles. The van der Waals surface area contributed by atoms with Gasteiger partial charge in [-0.2, -0.15) is 0 Å². The molecule has 0 saturated carbocycles. The average molecular weight is 271 g/mol. The highest BCUT2D eigenvalue weighted by atomic mass is 16.5. The molecule has 4 unspecified atom stereocenters. The van der Waals surface area contributed by atoms with Crippen molar-refractivity contribution in [1.82, 2.24) is 5.32 Å². The van der Waals surface area contributed by atoms with Gasteiger partial charge in [0.2, 0.25) is 5.91 Å². The maximum absolute atomic E-state index is 11.8. The summed E-state index contributed by atoms with van der Waals surface area (Å²) >= 11 is 0. The molecule has 2 N–H and O–H groups in total. The highest BCUT2D eigenvalue weighted by Gasteiger charge is 2.26. The Kier molecular flexibility index (Phi) is 6.28. The second-order valence-electron chi connectivity index (χ2n) is 5.45. The van der Waals surface area contributed by atoms with Gasteiger partial charge in [0.1, 0.15) is 6.04 Å². The molecule has 1 saturated heterocycles. The molecule has 0 aromatic carbocycles. The number of aliphatic carboxylic acids is 1. The molecule has 0 aromatic heterocycles. The van der Waals surface area contributed by atoms with Crippen molar-refractivity contribution in [2.75, 3.05) is 0 Å². The Morgan fingerprint density at radius 1 is 1.42 bits per heavy atom. The van der Waals surface area contributed by atoms with Crippen LogP contribution in [-0.2, 0) is 14.3 Å². The maximum Gasteiger partial charge on any atom is 0.326 e. The second-order valence-corrected chi connectivity index (χ2v) is 5.45. The number of carboxylic acids is 1. The van der Waals surface area contributed by atoms with Crippen LogP contribution in [0.4, 0.5) is 0 Å².